The molecule has 8 heteroatoms. The fourth-order valence-electron chi connectivity index (χ4n) is 2.68. The second kappa shape index (κ2) is 11.2. The van der Waals surface area contributed by atoms with Crippen molar-refractivity contribution in [3.63, 3.8) is 0 Å². The zero-order valence-electron chi connectivity index (χ0n) is 18.9. The van der Waals surface area contributed by atoms with Crippen LogP contribution in [0.2, 0.25) is 0 Å². The Hall–Kier alpha value is -2.45. The van der Waals surface area contributed by atoms with E-state index in [2.05, 4.69) is 41.4 Å². The summed E-state index contributed by atoms with van der Waals surface area (Å²) < 4.78 is 0. The van der Waals surface area contributed by atoms with Crippen molar-refractivity contribution in [2.45, 2.75) is 48.0 Å². The smallest absolute Gasteiger partial charge is 0.258 e. The van der Waals surface area contributed by atoms with Crippen LogP contribution in [0.3, 0.4) is 0 Å². The number of carbonyl (C=O) groups is 2. The van der Waals surface area contributed by atoms with Crippen molar-refractivity contribution in [2.24, 2.45) is 5.41 Å². The first-order valence-electron chi connectivity index (χ1n) is 10.2. The summed E-state index contributed by atoms with van der Waals surface area (Å²) >= 11 is 2.77. The average Bonchev–Trinajstić information content (AvgIpc) is 3.16. The minimum Gasteiger partial charge on any atom is -0.343 e. The number of allylic oxidation sites excluding steroid dienone is 3. The van der Waals surface area contributed by atoms with Gasteiger partial charge in [0.2, 0.25) is 5.91 Å². The molecule has 2 rings (SSSR count). The first kappa shape index (κ1) is 24.8. The fourth-order valence-corrected chi connectivity index (χ4v) is 4.47. The third-order valence-corrected chi connectivity index (χ3v) is 6.54. The molecule has 2 aromatic rings. The predicted molar refractivity (Wildman–Crippen MR) is 131 cm³/mol. The van der Waals surface area contributed by atoms with Gasteiger partial charge in [-0.25, -0.2) is 4.98 Å². The lowest BCUT2D eigenvalue weighted by atomic mass is 9.96. The van der Waals surface area contributed by atoms with E-state index in [1.165, 1.54) is 23.1 Å². The van der Waals surface area contributed by atoms with Gasteiger partial charge in [0.25, 0.3) is 5.91 Å². The summed E-state index contributed by atoms with van der Waals surface area (Å²) in [5.41, 5.74) is 2.31. The zero-order valence-corrected chi connectivity index (χ0v) is 20.5. The summed E-state index contributed by atoms with van der Waals surface area (Å²) in [7, 11) is 0. The topological polar surface area (TPSA) is 84.0 Å². The highest BCUT2D eigenvalue weighted by molar-refractivity contribution is 8.07. The molecule has 31 heavy (non-hydrogen) atoms. The Labute approximate surface area is 192 Å². The Balaban J connectivity index is 1.95. The van der Waals surface area contributed by atoms with E-state index in [0.717, 1.165) is 22.7 Å². The van der Waals surface area contributed by atoms with Gasteiger partial charge in [0, 0.05) is 11.1 Å². The number of thiazole rings is 1. The van der Waals surface area contributed by atoms with Crippen LogP contribution >= 0.6 is 23.1 Å². The van der Waals surface area contributed by atoms with Crippen molar-refractivity contribution < 1.29 is 9.59 Å². The van der Waals surface area contributed by atoms with E-state index in [1.807, 2.05) is 56.5 Å². The summed E-state index contributed by atoms with van der Waals surface area (Å²) in [5, 5.41) is 7.77. The molecule has 0 fully saturated rings. The second-order valence-electron chi connectivity index (χ2n) is 7.91. The van der Waals surface area contributed by atoms with Crippen LogP contribution in [0.15, 0.2) is 45.5 Å². The standard InChI is InChI=1S/C23H30N4O2S2/c1-7-10-18(31-19(8-2)23(4,5)6)21(29)24-13-20(28)27-22-26-17(14-30-22)16-12-9-11-15(3)25-16/h8-12,14H,7,13H2,1-6H3,(H,24,29)(H,26,27,28)/b18-10+,19-8-. The molecule has 0 aliphatic carbocycles. The van der Waals surface area contributed by atoms with Crippen molar-refractivity contribution in [3.05, 3.63) is 51.2 Å². The molecule has 0 bridgehead atoms. The fraction of sp³-hybridized carbons (Fsp3) is 0.391. The molecule has 0 atom stereocenters. The van der Waals surface area contributed by atoms with Crippen LogP contribution in [-0.4, -0.2) is 28.3 Å². The van der Waals surface area contributed by atoms with Gasteiger partial charge >= 0.3 is 0 Å². The lowest BCUT2D eigenvalue weighted by Crippen LogP contribution is -2.33. The van der Waals surface area contributed by atoms with E-state index in [1.54, 1.807) is 0 Å². The lowest BCUT2D eigenvalue weighted by molar-refractivity contribution is -0.121. The van der Waals surface area contributed by atoms with Gasteiger partial charge < -0.3 is 10.6 Å². The van der Waals surface area contributed by atoms with Crippen LogP contribution < -0.4 is 10.6 Å². The molecule has 166 valence electrons. The molecule has 2 amide bonds. The molecule has 0 unspecified atom stereocenters. The first-order valence-corrected chi connectivity index (χ1v) is 11.9. The number of carbonyl (C=O) groups excluding carboxylic acids is 2. The number of pyridine rings is 1. The third kappa shape index (κ3) is 7.63. The van der Waals surface area contributed by atoms with E-state index in [-0.39, 0.29) is 23.8 Å². The number of nitrogens with zero attached hydrogens (tertiary/aromatic N) is 2. The van der Waals surface area contributed by atoms with E-state index in [0.29, 0.717) is 15.7 Å². The number of rotatable bonds is 8. The Bertz CT molecular complexity index is 987. The van der Waals surface area contributed by atoms with E-state index < -0.39 is 0 Å². The normalized spacial score (nSPS) is 12.6. The van der Waals surface area contributed by atoms with Gasteiger partial charge in [-0.2, -0.15) is 0 Å². The van der Waals surface area contributed by atoms with E-state index in [9.17, 15) is 9.59 Å². The number of amides is 2. The third-order valence-electron chi connectivity index (χ3n) is 4.15. The number of hydrogen-bond acceptors (Lipinski definition) is 6. The molecule has 0 saturated heterocycles. The minimum absolute atomic E-state index is 0.0569. The van der Waals surface area contributed by atoms with E-state index in [4.69, 9.17) is 0 Å². The van der Waals surface area contributed by atoms with Crippen LogP contribution in [-0.2, 0) is 9.59 Å². The number of nitrogens with one attached hydrogen (secondary N) is 2. The predicted octanol–water partition coefficient (Wildman–Crippen LogP) is 5.55. The highest BCUT2D eigenvalue weighted by atomic mass is 32.2. The lowest BCUT2D eigenvalue weighted by Gasteiger charge is -2.23. The Morgan fingerprint density at radius 2 is 1.94 bits per heavy atom. The molecule has 2 aromatic heterocycles. The maximum atomic E-state index is 12.7. The molecular formula is C23H30N4O2S2. The average molecular weight is 459 g/mol. The van der Waals surface area contributed by atoms with E-state index >= 15 is 0 Å². The van der Waals surface area contributed by atoms with Gasteiger partial charge in [-0.15, -0.1) is 11.3 Å². The monoisotopic (exact) mass is 458 g/mol. The first-order chi connectivity index (χ1) is 14.6. The summed E-state index contributed by atoms with van der Waals surface area (Å²) in [6, 6.07) is 5.72. The summed E-state index contributed by atoms with van der Waals surface area (Å²) in [4.78, 5) is 35.5. The highest BCUT2D eigenvalue weighted by Crippen LogP contribution is 2.38. The summed E-state index contributed by atoms with van der Waals surface area (Å²) in [6.45, 7) is 12.1. The van der Waals surface area contributed by atoms with Crippen LogP contribution in [0.4, 0.5) is 5.13 Å². The van der Waals surface area contributed by atoms with Crippen molar-refractivity contribution in [1.29, 1.82) is 0 Å². The van der Waals surface area contributed by atoms with Gasteiger partial charge in [-0.1, -0.05) is 57.7 Å². The molecule has 2 N–H and O–H groups in total. The van der Waals surface area contributed by atoms with Gasteiger partial charge in [-0.05, 0) is 42.7 Å². The molecule has 0 spiro atoms. The SMILES string of the molecule is C/C=C(\S/C(=C/CC)C(=O)NCC(=O)Nc1nc(-c2cccc(C)n2)cs1)C(C)(C)C. The largest absolute Gasteiger partial charge is 0.343 e. The Morgan fingerprint density at radius 1 is 1.19 bits per heavy atom. The molecule has 0 saturated carbocycles. The number of aryl methyl sites for hydroxylation is 1. The number of aromatic nitrogens is 2. The Kier molecular flexibility index (Phi) is 9.00. The number of anilines is 1. The van der Waals surface area contributed by atoms with Crippen molar-refractivity contribution in [2.75, 3.05) is 11.9 Å². The van der Waals surface area contributed by atoms with Crippen molar-refractivity contribution in [3.8, 4) is 11.4 Å². The quantitative estimate of drug-likeness (QED) is 0.507. The van der Waals surface area contributed by atoms with Crippen LogP contribution in [0.25, 0.3) is 11.4 Å². The summed E-state index contributed by atoms with van der Waals surface area (Å²) in [5.74, 6) is -0.580. The molecule has 0 aliphatic heterocycles. The minimum atomic E-state index is -0.325. The molecule has 0 aliphatic rings. The van der Waals surface area contributed by atoms with Crippen molar-refractivity contribution in [1.82, 2.24) is 15.3 Å². The molecule has 2 heterocycles. The van der Waals surface area contributed by atoms with Gasteiger partial charge in [-0.3, -0.25) is 14.6 Å². The maximum Gasteiger partial charge on any atom is 0.258 e. The zero-order chi connectivity index (χ0) is 23.0. The van der Waals surface area contributed by atoms with Gasteiger partial charge in [0.1, 0.15) is 5.69 Å². The van der Waals surface area contributed by atoms with Gasteiger partial charge in [0.05, 0.1) is 17.1 Å². The molecule has 6 nitrogen and oxygen atoms in total. The number of hydrogen-bond donors (Lipinski definition) is 2. The van der Waals surface area contributed by atoms with Crippen molar-refractivity contribution >= 4 is 40.0 Å². The summed E-state index contributed by atoms with van der Waals surface area (Å²) in [6.07, 6.45) is 4.64. The molecular weight excluding hydrogens is 428 g/mol. The second-order valence-corrected chi connectivity index (χ2v) is 9.86. The highest BCUT2D eigenvalue weighted by Gasteiger charge is 2.21. The Morgan fingerprint density at radius 3 is 2.55 bits per heavy atom. The van der Waals surface area contributed by atoms with Crippen LogP contribution in [0, 0.1) is 12.3 Å². The molecule has 0 radical (unpaired) electrons. The van der Waals surface area contributed by atoms with Crippen LogP contribution in [0.1, 0.15) is 46.7 Å². The number of thioether (sulfide) groups is 1. The van der Waals surface area contributed by atoms with Gasteiger partial charge in [0.15, 0.2) is 5.13 Å². The maximum absolute atomic E-state index is 12.7. The molecule has 0 aromatic carbocycles. The van der Waals surface area contributed by atoms with Crippen LogP contribution in [0.5, 0.6) is 0 Å².